The molecule has 0 saturated carbocycles. The van der Waals surface area contributed by atoms with Gasteiger partial charge in [0.25, 0.3) is 0 Å². The molecule has 0 N–H and O–H groups in total. The molecule has 0 saturated heterocycles. The summed E-state index contributed by atoms with van der Waals surface area (Å²) >= 11 is 0. The normalized spacial score (nSPS) is 12.3. The van der Waals surface area contributed by atoms with Gasteiger partial charge in [0, 0.05) is 0 Å². The molecule has 0 spiro atoms. The monoisotopic (exact) mass is 264 g/mol. The van der Waals surface area contributed by atoms with Gasteiger partial charge in [-0.15, -0.1) is 0 Å². The second-order valence-corrected chi connectivity index (χ2v) is 5.35. The first-order chi connectivity index (χ1) is 10.2. The number of rotatable bonds is 1. The van der Waals surface area contributed by atoms with Crippen LogP contribution < -0.4 is 5.46 Å². The maximum atomic E-state index is 6.39. The Labute approximate surface area is 125 Å². The molecule has 21 heavy (non-hydrogen) atoms. The van der Waals surface area contributed by atoms with Gasteiger partial charge in [0.05, 0.1) is 0 Å². The predicted octanol–water partition coefficient (Wildman–Crippen LogP) is 4.32. The third-order valence-electron chi connectivity index (χ3n) is 4.32. The van der Waals surface area contributed by atoms with E-state index in [0.717, 1.165) is 27.5 Å². The lowest BCUT2D eigenvalue weighted by molar-refractivity contribution is 1.67. The summed E-state index contributed by atoms with van der Waals surface area (Å²) in [6, 6.07) is 16.7. The minimum atomic E-state index is 0.785. The summed E-state index contributed by atoms with van der Waals surface area (Å²) in [6.07, 6.45) is 1.84. The first-order valence-corrected chi connectivity index (χ1v) is 6.99. The van der Waals surface area contributed by atoms with Crippen molar-refractivity contribution in [2.75, 3.05) is 0 Å². The summed E-state index contributed by atoms with van der Waals surface area (Å²) in [5, 5.41) is 2.26. The van der Waals surface area contributed by atoms with Gasteiger partial charge in [-0.1, -0.05) is 73.2 Å². The molecule has 0 heterocycles. The van der Waals surface area contributed by atoms with Gasteiger partial charge in [0.1, 0.15) is 7.85 Å². The molecule has 3 aromatic rings. The van der Waals surface area contributed by atoms with Crippen LogP contribution in [0.4, 0.5) is 0 Å². The fraction of sp³-hybridized carbons (Fsp3) is 0. The molecule has 1 heteroatoms. The van der Waals surface area contributed by atoms with Gasteiger partial charge in [-0.3, -0.25) is 0 Å². The number of hydrogen-bond donors (Lipinski definition) is 0. The van der Waals surface area contributed by atoms with E-state index < -0.39 is 0 Å². The van der Waals surface area contributed by atoms with E-state index in [2.05, 4.69) is 55.6 Å². The molecule has 96 valence electrons. The Morgan fingerprint density at radius 2 is 1.43 bits per heavy atom. The van der Waals surface area contributed by atoms with Crippen LogP contribution in [0.3, 0.4) is 0 Å². The average molecular weight is 264 g/mol. The molecule has 1 aliphatic carbocycles. The Balaban J connectivity index is 2.30. The first kappa shape index (κ1) is 12.2. The lowest BCUT2D eigenvalue weighted by Gasteiger charge is -2.15. The summed E-state index contributed by atoms with van der Waals surface area (Å²) in [5.41, 5.74) is 7.59. The summed E-state index contributed by atoms with van der Waals surface area (Å²) in [7, 11) is 6.39. The molecule has 1 aliphatic rings. The molecule has 0 amide bonds. The smallest absolute Gasteiger partial charge is 0.0985 e. The molecule has 0 unspecified atom stereocenters. The van der Waals surface area contributed by atoms with Crippen LogP contribution >= 0.6 is 0 Å². The van der Waals surface area contributed by atoms with Gasteiger partial charge < -0.3 is 0 Å². The molecule has 0 aromatic heterocycles. The maximum absolute atomic E-state index is 6.39. The van der Waals surface area contributed by atoms with Crippen molar-refractivity contribution in [2.24, 2.45) is 0 Å². The van der Waals surface area contributed by atoms with Crippen molar-refractivity contribution in [2.45, 2.75) is 0 Å². The van der Waals surface area contributed by atoms with E-state index in [9.17, 15) is 0 Å². The van der Waals surface area contributed by atoms with Crippen LogP contribution in [0.25, 0.3) is 33.5 Å². The number of fused-ring (bicyclic) bond motifs is 5. The Morgan fingerprint density at radius 1 is 0.810 bits per heavy atom. The third kappa shape index (κ3) is 1.46. The van der Waals surface area contributed by atoms with Gasteiger partial charge in [-0.05, 0) is 44.2 Å². The van der Waals surface area contributed by atoms with Gasteiger partial charge in [-0.2, -0.15) is 0 Å². The summed E-state index contributed by atoms with van der Waals surface area (Å²) in [4.78, 5) is 0. The van der Waals surface area contributed by atoms with E-state index in [4.69, 9.17) is 7.85 Å². The van der Waals surface area contributed by atoms with Gasteiger partial charge in [-0.25, -0.2) is 0 Å². The zero-order valence-electron chi connectivity index (χ0n) is 11.7. The molecule has 0 atom stereocenters. The Morgan fingerprint density at radius 3 is 2.14 bits per heavy atom. The summed E-state index contributed by atoms with van der Waals surface area (Å²) < 4.78 is 0. The zero-order valence-corrected chi connectivity index (χ0v) is 11.7. The molecule has 0 aliphatic heterocycles. The van der Waals surface area contributed by atoms with Crippen LogP contribution in [0, 0.1) is 0 Å². The number of hydrogen-bond acceptors (Lipinski definition) is 0. The van der Waals surface area contributed by atoms with Gasteiger partial charge in [0.2, 0.25) is 0 Å². The van der Waals surface area contributed by atoms with E-state index in [0.29, 0.717) is 0 Å². The Hall–Kier alpha value is -2.54. The largest absolute Gasteiger partial charge is 0.115 e. The van der Waals surface area contributed by atoms with Crippen LogP contribution in [-0.4, -0.2) is 7.85 Å². The molecule has 4 rings (SSSR count). The van der Waals surface area contributed by atoms with Crippen LogP contribution in [-0.2, 0) is 0 Å². The average Bonchev–Trinajstić information content (AvgIpc) is 2.82. The predicted molar refractivity (Wildman–Crippen MR) is 93.0 cm³/mol. The minimum Gasteiger partial charge on any atom is -0.0985 e. The second kappa shape index (κ2) is 4.23. The van der Waals surface area contributed by atoms with E-state index in [-0.39, 0.29) is 0 Å². The second-order valence-electron chi connectivity index (χ2n) is 5.35. The van der Waals surface area contributed by atoms with Crippen LogP contribution in [0.1, 0.15) is 16.7 Å². The topological polar surface area (TPSA) is 0 Å². The van der Waals surface area contributed by atoms with Crippen LogP contribution in [0.5, 0.6) is 0 Å². The molecule has 0 fully saturated rings. The Bertz CT molecular complexity index is 932. The van der Waals surface area contributed by atoms with Crippen molar-refractivity contribution in [3.63, 3.8) is 0 Å². The van der Waals surface area contributed by atoms with E-state index in [1.165, 1.54) is 22.1 Å². The highest BCUT2D eigenvalue weighted by Gasteiger charge is 2.26. The fourth-order valence-corrected chi connectivity index (χ4v) is 3.39. The zero-order chi connectivity index (χ0) is 14.6. The van der Waals surface area contributed by atoms with Crippen molar-refractivity contribution >= 4 is 35.7 Å². The summed E-state index contributed by atoms with van der Waals surface area (Å²) in [5.74, 6) is 0. The maximum Gasteiger partial charge on any atom is 0.115 e. The molecule has 2 radical (unpaired) electrons. The fourth-order valence-electron chi connectivity index (χ4n) is 3.39. The van der Waals surface area contributed by atoms with Crippen molar-refractivity contribution in [3.05, 3.63) is 78.4 Å². The van der Waals surface area contributed by atoms with Crippen molar-refractivity contribution in [1.82, 2.24) is 0 Å². The molecule has 3 aromatic carbocycles. The third-order valence-corrected chi connectivity index (χ3v) is 4.32. The highest BCUT2D eigenvalue weighted by atomic mass is 14.3. The SMILES string of the molecule is [B]c1c(C=C)c2c(c3ccccc13)-c1ccccc1C2=C. The van der Waals surface area contributed by atoms with Gasteiger partial charge in [0.15, 0.2) is 0 Å². The molecular weight excluding hydrogens is 251 g/mol. The van der Waals surface area contributed by atoms with E-state index >= 15 is 0 Å². The van der Waals surface area contributed by atoms with Crippen molar-refractivity contribution in [1.29, 1.82) is 0 Å². The highest BCUT2D eigenvalue weighted by molar-refractivity contribution is 6.42. The summed E-state index contributed by atoms with van der Waals surface area (Å²) in [6.45, 7) is 8.24. The molecular formula is C20H13B. The highest BCUT2D eigenvalue weighted by Crippen LogP contribution is 2.47. The standard InChI is InChI=1S/C20H13B/c1-3-13-18-12(2)14-8-4-5-9-15(14)19(18)16-10-6-7-11-17(16)20(13)21/h3-11H,1-2H2. The first-order valence-electron chi connectivity index (χ1n) is 6.99. The quantitative estimate of drug-likeness (QED) is 0.449. The van der Waals surface area contributed by atoms with Crippen LogP contribution in [0.15, 0.2) is 61.7 Å². The minimum absolute atomic E-state index is 0.785. The van der Waals surface area contributed by atoms with E-state index in [1.54, 1.807) is 0 Å². The lowest BCUT2D eigenvalue weighted by atomic mass is 9.80. The molecule has 0 bridgehead atoms. The van der Waals surface area contributed by atoms with Crippen LogP contribution in [0.2, 0.25) is 0 Å². The number of benzene rings is 3. The van der Waals surface area contributed by atoms with Gasteiger partial charge >= 0.3 is 0 Å². The van der Waals surface area contributed by atoms with Crippen molar-refractivity contribution < 1.29 is 0 Å². The van der Waals surface area contributed by atoms with Crippen molar-refractivity contribution in [3.8, 4) is 11.1 Å². The van der Waals surface area contributed by atoms with E-state index in [1.807, 2.05) is 12.1 Å². The Kier molecular flexibility index (Phi) is 2.46. The molecule has 0 nitrogen and oxygen atoms in total. The lowest BCUT2D eigenvalue weighted by Crippen LogP contribution is -2.11.